The van der Waals surface area contributed by atoms with Gasteiger partial charge in [0, 0.05) is 24.8 Å². The number of rotatable bonds is 2. The van der Waals surface area contributed by atoms with E-state index in [0.29, 0.717) is 5.92 Å². The lowest BCUT2D eigenvalue weighted by Crippen LogP contribution is -2.37. The Morgan fingerprint density at radius 3 is 2.69 bits per heavy atom. The van der Waals surface area contributed by atoms with Gasteiger partial charge in [-0.2, -0.15) is 0 Å². The van der Waals surface area contributed by atoms with Gasteiger partial charge in [0.15, 0.2) is 5.65 Å². The number of aryl methyl sites for hydroxylation is 2. The fourth-order valence-corrected chi connectivity index (χ4v) is 3.69. The van der Waals surface area contributed by atoms with Crippen molar-refractivity contribution in [2.75, 3.05) is 13.1 Å². The van der Waals surface area contributed by atoms with Crippen molar-refractivity contribution in [3.05, 3.63) is 53.5 Å². The van der Waals surface area contributed by atoms with Gasteiger partial charge in [0.25, 0.3) is 5.91 Å². The number of pyridine rings is 1. The molecule has 0 aliphatic carbocycles. The minimum Gasteiger partial charge on any atom is -0.339 e. The fraction of sp³-hybridized carbons (Fsp3) is 0.381. The summed E-state index contributed by atoms with van der Waals surface area (Å²) in [6, 6.07) is 9.79. The van der Waals surface area contributed by atoms with Crippen molar-refractivity contribution in [3.63, 3.8) is 0 Å². The van der Waals surface area contributed by atoms with Crippen LogP contribution in [0.2, 0.25) is 0 Å². The summed E-state index contributed by atoms with van der Waals surface area (Å²) in [6.45, 7) is 7.98. The summed E-state index contributed by atoms with van der Waals surface area (Å²) in [7, 11) is 0. The monoisotopic (exact) mass is 348 g/mol. The fourth-order valence-electron chi connectivity index (χ4n) is 3.69. The summed E-state index contributed by atoms with van der Waals surface area (Å²) >= 11 is 0. The van der Waals surface area contributed by atoms with Gasteiger partial charge in [0.05, 0.1) is 5.69 Å². The number of imidazole rings is 1. The molecule has 0 bridgehead atoms. The molecule has 0 atom stereocenters. The molecule has 0 N–H and O–H groups in total. The average molecular weight is 348 g/mol. The van der Waals surface area contributed by atoms with Crippen molar-refractivity contribution in [1.29, 1.82) is 0 Å². The maximum atomic E-state index is 13.0. The molecule has 1 fully saturated rings. The van der Waals surface area contributed by atoms with Crippen LogP contribution in [0.3, 0.4) is 0 Å². The molecule has 3 heterocycles. The van der Waals surface area contributed by atoms with E-state index < -0.39 is 0 Å². The van der Waals surface area contributed by atoms with Gasteiger partial charge in [-0.1, -0.05) is 13.0 Å². The Kier molecular flexibility index (Phi) is 4.23. The number of hydrogen-bond donors (Lipinski definition) is 0. The van der Waals surface area contributed by atoms with Gasteiger partial charge < -0.3 is 4.90 Å². The van der Waals surface area contributed by atoms with Crippen molar-refractivity contribution >= 4 is 17.1 Å². The average Bonchev–Trinajstić information content (AvgIpc) is 2.98. The maximum absolute atomic E-state index is 13.0. The first-order chi connectivity index (χ1) is 12.5. The number of aromatic nitrogens is 3. The number of hydrogen-bond acceptors (Lipinski definition) is 3. The van der Waals surface area contributed by atoms with E-state index in [4.69, 9.17) is 0 Å². The SMILES string of the molecule is Cc1ccc(C(=O)N2CCC(C)CC2)cc1-n1c(C)nc2cccnc21. The van der Waals surface area contributed by atoms with Crippen molar-refractivity contribution in [2.24, 2.45) is 5.92 Å². The zero-order chi connectivity index (χ0) is 18.3. The van der Waals surface area contributed by atoms with Crippen LogP contribution < -0.4 is 0 Å². The second-order valence-electron chi connectivity index (χ2n) is 7.32. The van der Waals surface area contributed by atoms with E-state index >= 15 is 0 Å². The molecule has 0 spiro atoms. The third kappa shape index (κ3) is 2.87. The number of carbonyl (C=O) groups is 1. The molecular formula is C21H24N4O. The van der Waals surface area contributed by atoms with Gasteiger partial charge in [0.1, 0.15) is 11.3 Å². The van der Waals surface area contributed by atoms with Crippen LogP contribution in [0.4, 0.5) is 0 Å². The zero-order valence-corrected chi connectivity index (χ0v) is 15.6. The molecule has 1 amide bonds. The quantitative estimate of drug-likeness (QED) is 0.705. The Hall–Kier alpha value is -2.69. The van der Waals surface area contributed by atoms with Crippen LogP contribution in [0.15, 0.2) is 36.5 Å². The molecular weight excluding hydrogens is 324 g/mol. The molecule has 1 aromatic carbocycles. The van der Waals surface area contributed by atoms with E-state index in [9.17, 15) is 4.79 Å². The molecule has 0 saturated carbocycles. The summed E-state index contributed by atoms with van der Waals surface area (Å²) in [5.74, 6) is 1.70. The predicted octanol–water partition coefficient (Wildman–Crippen LogP) is 3.91. The van der Waals surface area contributed by atoms with Crippen LogP contribution in [0.5, 0.6) is 0 Å². The van der Waals surface area contributed by atoms with E-state index in [-0.39, 0.29) is 5.91 Å². The van der Waals surface area contributed by atoms with Gasteiger partial charge in [-0.25, -0.2) is 9.97 Å². The Labute approximate surface area is 153 Å². The summed E-state index contributed by atoms with van der Waals surface area (Å²) in [4.78, 5) is 24.1. The van der Waals surface area contributed by atoms with Crippen molar-refractivity contribution in [1.82, 2.24) is 19.4 Å². The number of amides is 1. The van der Waals surface area contributed by atoms with E-state index in [0.717, 1.165) is 59.7 Å². The first kappa shape index (κ1) is 16.8. The Bertz CT molecular complexity index is 967. The highest BCUT2D eigenvalue weighted by atomic mass is 16.2. The van der Waals surface area contributed by atoms with Crippen LogP contribution in [-0.4, -0.2) is 38.4 Å². The number of carbonyl (C=O) groups excluding carboxylic acids is 1. The highest BCUT2D eigenvalue weighted by Gasteiger charge is 2.22. The van der Waals surface area contributed by atoms with Gasteiger partial charge in [-0.15, -0.1) is 0 Å². The predicted molar refractivity (Wildman–Crippen MR) is 103 cm³/mol. The first-order valence-electron chi connectivity index (χ1n) is 9.25. The Morgan fingerprint density at radius 1 is 1.15 bits per heavy atom. The molecule has 2 aromatic heterocycles. The third-order valence-electron chi connectivity index (χ3n) is 5.35. The van der Waals surface area contributed by atoms with Gasteiger partial charge in [-0.3, -0.25) is 9.36 Å². The molecule has 1 aliphatic heterocycles. The second-order valence-corrected chi connectivity index (χ2v) is 7.32. The largest absolute Gasteiger partial charge is 0.339 e. The van der Waals surface area contributed by atoms with Crippen molar-refractivity contribution in [3.8, 4) is 5.69 Å². The van der Waals surface area contributed by atoms with Crippen LogP contribution in [-0.2, 0) is 0 Å². The molecule has 26 heavy (non-hydrogen) atoms. The highest BCUT2D eigenvalue weighted by molar-refractivity contribution is 5.95. The maximum Gasteiger partial charge on any atom is 0.253 e. The van der Waals surface area contributed by atoms with E-state index in [1.807, 2.05) is 46.7 Å². The molecule has 0 unspecified atom stereocenters. The van der Waals surface area contributed by atoms with Gasteiger partial charge in [0.2, 0.25) is 0 Å². The topological polar surface area (TPSA) is 51.0 Å². The molecule has 1 aliphatic rings. The molecule has 5 nitrogen and oxygen atoms in total. The molecule has 5 heteroatoms. The molecule has 0 radical (unpaired) electrons. The number of fused-ring (bicyclic) bond motifs is 1. The molecule has 3 aromatic rings. The van der Waals surface area contributed by atoms with Gasteiger partial charge in [-0.05, 0) is 62.4 Å². The lowest BCUT2D eigenvalue weighted by molar-refractivity contribution is 0.0697. The second kappa shape index (κ2) is 6.56. The van der Waals surface area contributed by atoms with Crippen LogP contribution in [0.25, 0.3) is 16.9 Å². The summed E-state index contributed by atoms with van der Waals surface area (Å²) in [6.07, 6.45) is 3.94. The number of likely N-dealkylation sites (tertiary alicyclic amines) is 1. The minimum atomic E-state index is 0.119. The van der Waals surface area contributed by atoms with E-state index in [2.05, 4.69) is 23.8 Å². The first-order valence-corrected chi connectivity index (χ1v) is 9.25. The lowest BCUT2D eigenvalue weighted by Gasteiger charge is -2.30. The minimum absolute atomic E-state index is 0.119. The third-order valence-corrected chi connectivity index (χ3v) is 5.35. The summed E-state index contributed by atoms with van der Waals surface area (Å²) in [5.41, 5.74) is 4.50. The van der Waals surface area contributed by atoms with Crippen LogP contribution in [0.1, 0.15) is 41.5 Å². The lowest BCUT2D eigenvalue weighted by atomic mass is 9.98. The van der Waals surface area contributed by atoms with E-state index in [1.54, 1.807) is 6.20 Å². The number of nitrogens with zero attached hydrogens (tertiary/aromatic N) is 4. The number of piperidine rings is 1. The van der Waals surface area contributed by atoms with Crippen molar-refractivity contribution < 1.29 is 4.79 Å². The molecule has 1 saturated heterocycles. The highest BCUT2D eigenvalue weighted by Crippen LogP contribution is 2.25. The Balaban J connectivity index is 1.75. The van der Waals surface area contributed by atoms with Gasteiger partial charge >= 0.3 is 0 Å². The number of benzene rings is 1. The van der Waals surface area contributed by atoms with Crippen LogP contribution >= 0.6 is 0 Å². The van der Waals surface area contributed by atoms with E-state index in [1.165, 1.54) is 0 Å². The Morgan fingerprint density at radius 2 is 1.92 bits per heavy atom. The van der Waals surface area contributed by atoms with Crippen LogP contribution in [0, 0.1) is 19.8 Å². The summed E-state index contributed by atoms with van der Waals surface area (Å²) < 4.78 is 2.04. The summed E-state index contributed by atoms with van der Waals surface area (Å²) in [5, 5.41) is 0. The molecule has 4 rings (SSSR count). The smallest absolute Gasteiger partial charge is 0.253 e. The van der Waals surface area contributed by atoms with Crippen molar-refractivity contribution in [2.45, 2.75) is 33.6 Å². The molecule has 134 valence electrons. The normalized spacial score (nSPS) is 15.6. The standard InChI is InChI=1S/C21H24N4O/c1-14-8-11-24(12-9-14)21(26)17-7-6-15(2)19(13-17)25-16(3)23-18-5-4-10-22-20(18)25/h4-7,10,13-14H,8-9,11-12H2,1-3H3. The zero-order valence-electron chi connectivity index (χ0n) is 15.6.